The van der Waals surface area contributed by atoms with Crippen molar-refractivity contribution >= 4 is 40.2 Å². The fourth-order valence-electron chi connectivity index (χ4n) is 3.65. The first-order valence-electron chi connectivity index (χ1n) is 8.76. The Labute approximate surface area is 157 Å². The molecule has 26 heavy (non-hydrogen) atoms. The van der Waals surface area contributed by atoms with Crippen LogP contribution in [0.5, 0.6) is 0 Å². The van der Waals surface area contributed by atoms with Crippen LogP contribution < -0.4 is 10.2 Å². The van der Waals surface area contributed by atoms with Gasteiger partial charge in [0.15, 0.2) is 0 Å². The molecule has 0 aliphatic carbocycles. The molecular weight excluding hydrogens is 348 g/mol. The first kappa shape index (κ1) is 17.2. The van der Waals surface area contributed by atoms with Crippen molar-refractivity contribution in [1.29, 1.82) is 0 Å². The Morgan fingerprint density at radius 3 is 2.85 bits per heavy atom. The first-order chi connectivity index (χ1) is 12.5. The lowest BCUT2D eigenvalue weighted by Crippen LogP contribution is -2.53. The average Bonchev–Trinajstić information content (AvgIpc) is 3.04. The maximum Gasteiger partial charge on any atom is 0.258 e. The van der Waals surface area contributed by atoms with E-state index in [-0.39, 0.29) is 11.8 Å². The average molecular weight is 370 g/mol. The Hall–Kier alpha value is -2.22. The maximum absolute atomic E-state index is 13.3. The zero-order chi connectivity index (χ0) is 18.3. The highest BCUT2D eigenvalue weighted by Gasteiger charge is 2.32. The molecule has 2 aliphatic heterocycles. The lowest BCUT2D eigenvalue weighted by Gasteiger charge is -2.38. The molecule has 1 fully saturated rings. The molecule has 4 rings (SSSR count). The van der Waals surface area contributed by atoms with Crippen molar-refractivity contribution in [1.82, 2.24) is 9.80 Å². The molecule has 1 atom stereocenters. The third-order valence-electron chi connectivity index (χ3n) is 5.08. The van der Waals surface area contributed by atoms with Gasteiger partial charge in [-0.2, -0.15) is 0 Å². The third-order valence-corrected chi connectivity index (χ3v) is 5.81. The van der Waals surface area contributed by atoms with Crippen molar-refractivity contribution in [2.45, 2.75) is 13.0 Å². The summed E-state index contributed by atoms with van der Waals surface area (Å²) in [5.74, 6) is -0.179. The molecule has 3 heterocycles. The van der Waals surface area contributed by atoms with E-state index in [0.717, 1.165) is 25.3 Å². The van der Waals surface area contributed by atoms with E-state index in [1.165, 1.54) is 11.3 Å². The molecule has 0 spiro atoms. The molecule has 7 heteroatoms. The van der Waals surface area contributed by atoms with E-state index < -0.39 is 0 Å². The van der Waals surface area contributed by atoms with Crippen LogP contribution in [0.4, 0.5) is 17.1 Å². The Balaban J connectivity index is 1.68. The largest absolute Gasteiger partial charge is 0.320 e. The summed E-state index contributed by atoms with van der Waals surface area (Å²) in [6, 6.07) is 7.79. The number of hydrogen-bond donors (Lipinski definition) is 1. The molecular formula is C19H22N4O2S. The number of carbonyl (C=O) groups is 2. The lowest BCUT2D eigenvalue weighted by molar-refractivity contribution is -0.120. The van der Waals surface area contributed by atoms with Gasteiger partial charge in [0.2, 0.25) is 5.91 Å². The van der Waals surface area contributed by atoms with Gasteiger partial charge in [0.05, 0.1) is 29.2 Å². The van der Waals surface area contributed by atoms with Crippen LogP contribution in [0.3, 0.4) is 0 Å². The summed E-state index contributed by atoms with van der Waals surface area (Å²) < 4.78 is 0. The zero-order valence-corrected chi connectivity index (χ0v) is 15.8. The highest BCUT2D eigenvalue weighted by atomic mass is 32.1. The number of amides is 2. The van der Waals surface area contributed by atoms with Crippen molar-refractivity contribution in [3.05, 3.63) is 40.6 Å². The second-order valence-corrected chi connectivity index (χ2v) is 7.70. The number of para-hydroxylation sites is 2. The van der Waals surface area contributed by atoms with Gasteiger partial charge in [-0.05, 0) is 26.1 Å². The summed E-state index contributed by atoms with van der Waals surface area (Å²) >= 11 is 1.44. The quantitative estimate of drug-likeness (QED) is 0.883. The van der Waals surface area contributed by atoms with Gasteiger partial charge in [0.1, 0.15) is 0 Å². The highest BCUT2D eigenvalue weighted by molar-refractivity contribution is 7.08. The van der Waals surface area contributed by atoms with Crippen LogP contribution in [0, 0.1) is 0 Å². The number of piperazine rings is 1. The van der Waals surface area contributed by atoms with Crippen molar-refractivity contribution in [3.63, 3.8) is 0 Å². The molecule has 2 amide bonds. The number of likely N-dealkylation sites (N-methyl/N-ethyl adjacent to an activating group) is 1. The molecule has 2 aromatic rings. The fraction of sp³-hybridized carbons (Fsp3) is 0.368. The maximum atomic E-state index is 13.3. The van der Waals surface area contributed by atoms with Crippen molar-refractivity contribution < 1.29 is 9.59 Å². The monoisotopic (exact) mass is 370 g/mol. The van der Waals surface area contributed by atoms with Gasteiger partial charge in [0, 0.05) is 36.4 Å². The Morgan fingerprint density at radius 1 is 1.23 bits per heavy atom. The predicted molar refractivity (Wildman–Crippen MR) is 104 cm³/mol. The normalized spacial score (nSPS) is 20.9. The first-order valence-corrected chi connectivity index (χ1v) is 9.71. The summed E-state index contributed by atoms with van der Waals surface area (Å²) in [7, 11) is 2.11. The number of anilines is 3. The Kier molecular flexibility index (Phi) is 4.52. The molecule has 2 aliphatic rings. The predicted octanol–water partition coefficient (Wildman–Crippen LogP) is 2.61. The van der Waals surface area contributed by atoms with Gasteiger partial charge in [-0.3, -0.25) is 19.4 Å². The third kappa shape index (κ3) is 3.02. The highest BCUT2D eigenvalue weighted by Crippen LogP contribution is 2.39. The van der Waals surface area contributed by atoms with E-state index in [0.29, 0.717) is 29.5 Å². The van der Waals surface area contributed by atoms with E-state index in [1.54, 1.807) is 10.3 Å². The van der Waals surface area contributed by atoms with Gasteiger partial charge >= 0.3 is 0 Å². The number of hydrogen-bond acceptors (Lipinski definition) is 5. The molecule has 1 N–H and O–H groups in total. The summed E-state index contributed by atoms with van der Waals surface area (Å²) in [5.41, 5.74) is 2.61. The van der Waals surface area contributed by atoms with Crippen molar-refractivity contribution in [2.24, 2.45) is 0 Å². The summed E-state index contributed by atoms with van der Waals surface area (Å²) in [6.45, 7) is 5.27. The number of rotatable bonds is 2. The Morgan fingerprint density at radius 2 is 2.04 bits per heavy atom. The van der Waals surface area contributed by atoms with E-state index in [2.05, 4.69) is 29.1 Å². The van der Waals surface area contributed by atoms with Crippen LogP contribution in [-0.2, 0) is 4.79 Å². The number of fused-ring (bicyclic) bond motifs is 2. The van der Waals surface area contributed by atoms with Gasteiger partial charge < -0.3 is 10.2 Å². The minimum absolute atomic E-state index is 0.00926. The van der Waals surface area contributed by atoms with Gasteiger partial charge in [-0.25, -0.2) is 0 Å². The Bertz CT molecular complexity index is 850. The van der Waals surface area contributed by atoms with Crippen LogP contribution >= 0.6 is 11.3 Å². The van der Waals surface area contributed by atoms with Crippen molar-refractivity contribution in [3.8, 4) is 0 Å². The number of nitrogens with one attached hydrogen (secondary N) is 1. The van der Waals surface area contributed by atoms with Gasteiger partial charge in [-0.15, -0.1) is 11.3 Å². The molecule has 1 aromatic heterocycles. The molecule has 0 bridgehead atoms. The molecule has 1 aromatic carbocycles. The van der Waals surface area contributed by atoms with Crippen LogP contribution in [0.15, 0.2) is 35.0 Å². The second-order valence-electron chi connectivity index (χ2n) is 6.95. The topological polar surface area (TPSA) is 55.9 Å². The van der Waals surface area contributed by atoms with E-state index >= 15 is 0 Å². The van der Waals surface area contributed by atoms with E-state index in [4.69, 9.17) is 0 Å². The van der Waals surface area contributed by atoms with Crippen LogP contribution in [-0.4, -0.2) is 60.9 Å². The minimum atomic E-state index is -0.169. The van der Waals surface area contributed by atoms with Gasteiger partial charge in [0.25, 0.3) is 5.91 Å². The fourth-order valence-corrected chi connectivity index (χ4v) is 4.45. The zero-order valence-electron chi connectivity index (χ0n) is 14.9. The molecule has 1 saturated heterocycles. The standard InChI is InChI=1S/C19H22N4O2S/c1-13-9-21(2)7-8-22(13)10-18(24)23-16-6-4-3-5-15(16)20-19(25)14-11-26-12-17(14)23/h3-6,11-13H,7-10H2,1-2H3,(H,20,25). The smallest absolute Gasteiger partial charge is 0.258 e. The second kappa shape index (κ2) is 6.83. The van der Waals surface area contributed by atoms with Gasteiger partial charge in [-0.1, -0.05) is 12.1 Å². The SMILES string of the molecule is CC1CN(C)CCN1CC(=O)N1c2ccccc2NC(=O)c2cscc21. The van der Waals surface area contributed by atoms with Crippen LogP contribution in [0.2, 0.25) is 0 Å². The minimum Gasteiger partial charge on any atom is -0.320 e. The van der Waals surface area contributed by atoms with Crippen molar-refractivity contribution in [2.75, 3.05) is 43.4 Å². The molecule has 1 unspecified atom stereocenters. The van der Waals surface area contributed by atoms with Crippen LogP contribution in [0.25, 0.3) is 0 Å². The van der Waals surface area contributed by atoms with E-state index in [9.17, 15) is 9.59 Å². The molecule has 0 saturated carbocycles. The number of carbonyl (C=O) groups excluding carboxylic acids is 2. The summed E-state index contributed by atoms with van der Waals surface area (Å²) in [4.78, 5) is 32.0. The molecule has 0 radical (unpaired) electrons. The molecule has 6 nitrogen and oxygen atoms in total. The summed E-state index contributed by atoms with van der Waals surface area (Å²) in [6.07, 6.45) is 0. The number of nitrogens with zero attached hydrogens (tertiary/aromatic N) is 3. The summed E-state index contributed by atoms with van der Waals surface area (Å²) in [5, 5.41) is 6.60. The number of benzene rings is 1. The number of thiophene rings is 1. The molecule has 136 valence electrons. The van der Waals surface area contributed by atoms with E-state index in [1.807, 2.05) is 29.6 Å². The van der Waals surface area contributed by atoms with Crippen LogP contribution in [0.1, 0.15) is 17.3 Å². The lowest BCUT2D eigenvalue weighted by atomic mass is 10.2.